The van der Waals surface area contributed by atoms with Crippen LogP contribution in [0.4, 0.5) is 5.82 Å². The van der Waals surface area contributed by atoms with Crippen LogP contribution in [0.5, 0.6) is 0 Å². The molecule has 2 heterocycles. The molecule has 3 rings (SSSR count). The van der Waals surface area contributed by atoms with Crippen LogP contribution in [0.1, 0.15) is 16.3 Å². The van der Waals surface area contributed by atoms with Gasteiger partial charge in [-0.25, -0.2) is 9.67 Å². The van der Waals surface area contributed by atoms with E-state index in [-0.39, 0.29) is 0 Å². The second kappa shape index (κ2) is 7.30. The third kappa shape index (κ3) is 3.82. The summed E-state index contributed by atoms with van der Waals surface area (Å²) >= 11 is 7.36. The first-order valence-electron chi connectivity index (χ1n) is 7.21. The zero-order valence-corrected chi connectivity index (χ0v) is 14.5. The van der Waals surface area contributed by atoms with Gasteiger partial charge >= 0.3 is 0 Å². The molecule has 24 heavy (non-hydrogen) atoms. The van der Waals surface area contributed by atoms with Crippen molar-refractivity contribution in [3.63, 3.8) is 0 Å². The van der Waals surface area contributed by atoms with Crippen LogP contribution >= 0.6 is 22.9 Å². The monoisotopic (exact) mass is 355 g/mol. The molecule has 0 atom stereocenters. The Bertz CT molecular complexity index is 902. The fraction of sp³-hybridized carbons (Fsp3) is 0.118. The lowest BCUT2D eigenvalue weighted by Crippen LogP contribution is -2.05. The van der Waals surface area contributed by atoms with E-state index in [0.717, 1.165) is 17.1 Å². The molecule has 5 nitrogen and oxygen atoms in total. The standard InChI is InChI=1S/C17H14ClN5S/c1-12-11-24-17(22-12)14(8-19)9-20-16-6-7-21-23(16)10-13-2-4-15(18)5-3-13/h2-7,9,11,20H,10H2,1H3/b14-9+. The highest BCUT2D eigenvalue weighted by atomic mass is 35.5. The average molecular weight is 356 g/mol. The van der Waals surface area contributed by atoms with E-state index >= 15 is 0 Å². The minimum absolute atomic E-state index is 0.493. The van der Waals surface area contributed by atoms with Crippen LogP contribution in [0.2, 0.25) is 5.02 Å². The lowest BCUT2D eigenvalue weighted by molar-refractivity contribution is 0.695. The van der Waals surface area contributed by atoms with Crippen LogP contribution in [0.3, 0.4) is 0 Å². The molecule has 0 saturated heterocycles. The van der Waals surface area contributed by atoms with Crippen molar-refractivity contribution in [1.29, 1.82) is 5.26 Å². The minimum atomic E-state index is 0.493. The largest absolute Gasteiger partial charge is 0.345 e. The van der Waals surface area contributed by atoms with Gasteiger partial charge in [0.25, 0.3) is 0 Å². The fourth-order valence-electron chi connectivity index (χ4n) is 2.11. The summed E-state index contributed by atoms with van der Waals surface area (Å²) in [5.74, 6) is 0.797. The average Bonchev–Trinajstić information content (AvgIpc) is 3.20. The Balaban J connectivity index is 1.76. The van der Waals surface area contributed by atoms with Crippen molar-refractivity contribution in [3.8, 4) is 6.07 Å². The topological polar surface area (TPSA) is 66.5 Å². The number of nitriles is 1. The highest BCUT2D eigenvalue weighted by molar-refractivity contribution is 7.10. The quantitative estimate of drug-likeness (QED) is 0.692. The number of allylic oxidation sites excluding steroid dienone is 1. The first-order valence-corrected chi connectivity index (χ1v) is 8.47. The Labute approximate surface area is 148 Å². The summed E-state index contributed by atoms with van der Waals surface area (Å²) in [5, 5.41) is 20.1. The Morgan fingerprint density at radius 2 is 2.17 bits per heavy atom. The van der Waals surface area contributed by atoms with Crippen LogP contribution in [0.15, 0.2) is 48.1 Å². The van der Waals surface area contributed by atoms with Crippen LogP contribution in [-0.2, 0) is 6.54 Å². The molecule has 2 aromatic heterocycles. The minimum Gasteiger partial charge on any atom is -0.345 e. The lowest BCUT2D eigenvalue weighted by atomic mass is 10.2. The number of halogens is 1. The number of aromatic nitrogens is 3. The number of nitrogens with one attached hydrogen (secondary N) is 1. The zero-order chi connectivity index (χ0) is 16.9. The zero-order valence-electron chi connectivity index (χ0n) is 12.9. The van der Waals surface area contributed by atoms with Crippen molar-refractivity contribution in [2.45, 2.75) is 13.5 Å². The summed E-state index contributed by atoms with van der Waals surface area (Å²) in [7, 11) is 0. The number of anilines is 1. The molecule has 0 fully saturated rings. The normalized spacial score (nSPS) is 11.3. The molecule has 1 N–H and O–H groups in total. The van der Waals surface area contributed by atoms with Gasteiger partial charge in [0, 0.05) is 28.4 Å². The maximum Gasteiger partial charge on any atom is 0.135 e. The van der Waals surface area contributed by atoms with E-state index < -0.39 is 0 Å². The van der Waals surface area contributed by atoms with E-state index in [0.29, 0.717) is 22.1 Å². The van der Waals surface area contributed by atoms with E-state index in [2.05, 4.69) is 21.5 Å². The molecule has 1 aromatic carbocycles. The van der Waals surface area contributed by atoms with Gasteiger partial charge in [0.2, 0.25) is 0 Å². The van der Waals surface area contributed by atoms with Crippen molar-refractivity contribution < 1.29 is 0 Å². The van der Waals surface area contributed by atoms with Crippen LogP contribution < -0.4 is 5.32 Å². The molecule has 0 spiro atoms. The summed E-state index contributed by atoms with van der Waals surface area (Å²) in [6.45, 7) is 2.52. The van der Waals surface area contributed by atoms with Crippen molar-refractivity contribution in [2.24, 2.45) is 0 Å². The van der Waals surface area contributed by atoms with Gasteiger partial charge in [0.1, 0.15) is 22.5 Å². The second-order valence-corrected chi connectivity index (χ2v) is 6.40. The molecule has 0 aliphatic heterocycles. The third-order valence-corrected chi connectivity index (χ3v) is 4.54. The highest BCUT2D eigenvalue weighted by Crippen LogP contribution is 2.19. The van der Waals surface area contributed by atoms with Gasteiger partial charge in [-0.05, 0) is 24.6 Å². The first kappa shape index (κ1) is 16.2. The van der Waals surface area contributed by atoms with Gasteiger partial charge < -0.3 is 5.32 Å². The number of thiazole rings is 1. The van der Waals surface area contributed by atoms with Crippen molar-refractivity contribution >= 4 is 34.3 Å². The molecular weight excluding hydrogens is 342 g/mol. The number of aryl methyl sites for hydroxylation is 1. The van der Waals surface area contributed by atoms with Crippen LogP contribution in [0.25, 0.3) is 5.57 Å². The van der Waals surface area contributed by atoms with E-state index in [1.54, 1.807) is 12.4 Å². The smallest absolute Gasteiger partial charge is 0.135 e. The Hall–Kier alpha value is -2.62. The summed E-state index contributed by atoms with van der Waals surface area (Å²) in [5.41, 5.74) is 2.49. The maximum absolute atomic E-state index is 9.32. The van der Waals surface area contributed by atoms with Crippen LogP contribution in [-0.4, -0.2) is 14.8 Å². The summed E-state index contributed by atoms with van der Waals surface area (Å²) < 4.78 is 1.82. The molecule has 7 heteroatoms. The number of nitrogens with zero attached hydrogens (tertiary/aromatic N) is 4. The summed E-state index contributed by atoms with van der Waals surface area (Å²) in [6, 6.07) is 11.7. The molecule has 0 amide bonds. The van der Waals surface area contributed by atoms with E-state index in [4.69, 9.17) is 11.6 Å². The van der Waals surface area contributed by atoms with E-state index in [1.165, 1.54) is 11.3 Å². The number of rotatable bonds is 5. The van der Waals surface area contributed by atoms with Gasteiger partial charge in [-0.1, -0.05) is 23.7 Å². The number of hydrogen-bond donors (Lipinski definition) is 1. The predicted molar refractivity (Wildman–Crippen MR) is 96.8 cm³/mol. The van der Waals surface area contributed by atoms with Gasteiger partial charge in [0.05, 0.1) is 12.7 Å². The second-order valence-electron chi connectivity index (χ2n) is 5.11. The van der Waals surface area contributed by atoms with Crippen molar-refractivity contribution in [3.05, 3.63) is 69.4 Å². The molecule has 120 valence electrons. The summed E-state index contributed by atoms with van der Waals surface area (Å²) in [4.78, 5) is 4.33. The molecule has 0 radical (unpaired) electrons. The Kier molecular flexibility index (Phi) is 4.94. The Morgan fingerprint density at radius 1 is 1.38 bits per heavy atom. The predicted octanol–water partition coefficient (Wildman–Crippen LogP) is 4.33. The maximum atomic E-state index is 9.32. The van der Waals surface area contributed by atoms with Crippen molar-refractivity contribution in [2.75, 3.05) is 5.32 Å². The van der Waals surface area contributed by atoms with Crippen LogP contribution in [0, 0.1) is 18.3 Å². The molecule has 0 unspecified atom stereocenters. The number of benzene rings is 1. The molecule has 3 aromatic rings. The molecular formula is C17H14ClN5S. The van der Waals surface area contributed by atoms with Gasteiger partial charge in [-0.15, -0.1) is 11.3 Å². The lowest BCUT2D eigenvalue weighted by Gasteiger charge is -2.07. The fourth-order valence-corrected chi connectivity index (χ4v) is 3.00. The highest BCUT2D eigenvalue weighted by Gasteiger charge is 2.07. The Morgan fingerprint density at radius 3 is 2.83 bits per heavy atom. The van der Waals surface area contributed by atoms with E-state index in [1.807, 2.05) is 47.3 Å². The molecule has 0 aliphatic carbocycles. The van der Waals surface area contributed by atoms with E-state index in [9.17, 15) is 5.26 Å². The molecule has 0 bridgehead atoms. The van der Waals surface area contributed by atoms with Gasteiger partial charge in [-0.3, -0.25) is 0 Å². The van der Waals surface area contributed by atoms with Gasteiger partial charge in [-0.2, -0.15) is 10.4 Å². The molecule has 0 saturated carbocycles. The van der Waals surface area contributed by atoms with Crippen molar-refractivity contribution in [1.82, 2.24) is 14.8 Å². The molecule has 0 aliphatic rings. The summed E-state index contributed by atoms with van der Waals surface area (Å²) in [6.07, 6.45) is 3.37. The SMILES string of the molecule is Cc1csc(/C(C#N)=C/Nc2ccnn2Cc2ccc(Cl)cc2)n1. The number of hydrogen-bond acceptors (Lipinski definition) is 5. The first-order chi connectivity index (χ1) is 11.7. The van der Waals surface area contributed by atoms with Gasteiger partial charge in [0.15, 0.2) is 0 Å². The third-order valence-electron chi connectivity index (χ3n) is 3.30.